The molecule has 1 amide bonds. The summed E-state index contributed by atoms with van der Waals surface area (Å²) in [4.78, 5) is 46.8. The number of esters is 2. The summed E-state index contributed by atoms with van der Waals surface area (Å²) < 4.78 is 11.6. The van der Waals surface area contributed by atoms with Crippen LogP contribution in [-0.2, 0) is 22.6 Å². The Hall–Kier alpha value is -5.51. The fraction of sp³-hybridized carbons (Fsp3) is 0.129. The van der Waals surface area contributed by atoms with Gasteiger partial charge in [0.2, 0.25) is 0 Å². The third-order valence-corrected chi connectivity index (χ3v) is 6.49. The topological polar surface area (TPSA) is 124 Å². The Balaban J connectivity index is 1.54. The zero-order chi connectivity index (χ0) is 28.8. The average Bonchev–Trinajstić information content (AvgIpc) is 3.32. The van der Waals surface area contributed by atoms with E-state index in [0.717, 1.165) is 11.1 Å². The van der Waals surface area contributed by atoms with E-state index < -0.39 is 17.8 Å². The van der Waals surface area contributed by atoms with Gasteiger partial charge in [-0.2, -0.15) is 0 Å². The van der Waals surface area contributed by atoms with Crippen molar-refractivity contribution in [3.63, 3.8) is 0 Å². The predicted molar refractivity (Wildman–Crippen MR) is 154 cm³/mol. The zero-order valence-corrected chi connectivity index (χ0v) is 22.5. The van der Waals surface area contributed by atoms with E-state index >= 15 is 0 Å². The number of carbonyl (C=O) groups excluding carboxylic acids is 3. The molecule has 0 radical (unpaired) electrons. The van der Waals surface area contributed by atoms with E-state index in [1.165, 1.54) is 20.4 Å². The molecule has 206 valence electrons. The normalized spacial score (nSPS) is 10.7. The van der Waals surface area contributed by atoms with Crippen LogP contribution in [0, 0.1) is 0 Å². The molecule has 0 spiro atoms. The first-order valence-electron chi connectivity index (χ1n) is 12.8. The van der Waals surface area contributed by atoms with Gasteiger partial charge >= 0.3 is 11.9 Å². The highest BCUT2D eigenvalue weighted by atomic mass is 16.5. The molecule has 0 aliphatic heterocycles. The maximum absolute atomic E-state index is 13.2. The maximum Gasteiger partial charge on any atom is 0.356 e. The van der Waals surface area contributed by atoms with Gasteiger partial charge in [0.25, 0.3) is 5.91 Å². The first-order valence-corrected chi connectivity index (χ1v) is 12.8. The Morgan fingerprint density at radius 1 is 0.829 bits per heavy atom. The van der Waals surface area contributed by atoms with E-state index in [1.807, 2.05) is 48.5 Å². The summed E-state index contributed by atoms with van der Waals surface area (Å²) in [5.74, 6) is -1.44. The van der Waals surface area contributed by atoms with Crippen LogP contribution >= 0.6 is 0 Å². The molecule has 0 saturated carbocycles. The SMILES string of the molecule is COC(=O)c1ccc(CNc2cnc3c(c2)c(NC(=O)c2cccnc2)c(C(=O)OC)n3Cc2ccccc2)cc1. The van der Waals surface area contributed by atoms with Crippen molar-refractivity contribution in [2.45, 2.75) is 13.1 Å². The number of carbonyl (C=O) groups is 3. The predicted octanol–water partition coefficient (Wildman–Crippen LogP) is 4.92. The summed E-state index contributed by atoms with van der Waals surface area (Å²) in [7, 11) is 2.64. The van der Waals surface area contributed by atoms with E-state index in [4.69, 9.17) is 9.47 Å². The molecule has 0 aliphatic rings. The number of rotatable bonds is 9. The number of hydrogen-bond acceptors (Lipinski definition) is 8. The quantitative estimate of drug-likeness (QED) is 0.248. The lowest BCUT2D eigenvalue weighted by atomic mass is 10.1. The van der Waals surface area contributed by atoms with Crippen LogP contribution in [0.5, 0.6) is 0 Å². The molecular formula is C31H27N5O5. The second-order valence-electron chi connectivity index (χ2n) is 9.12. The molecule has 0 unspecified atom stereocenters. The number of pyridine rings is 2. The van der Waals surface area contributed by atoms with Crippen LogP contribution in [-0.4, -0.2) is 46.6 Å². The molecular weight excluding hydrogens is 522 g/mol. The Labute approximate surface area is 236 Å². The van der Waals surface area contributed by atoms with E-state index in [0.29, 0.717) is 40.9 Å². The highest BCUT2D eigenvalue weighted by molar-refractivity contribution is 6.14. The standard InChI is InChI=1S/C31H27N5O5/c1-40-30(38)22-12-10-20(11-13-22)16-33-24-15-25-26(35-29(37)23-9-6-14-32-17-23)27(31(39)41-2)36(28(25)34-18-24)19-21-7-4-3-5-8-21/h3-15,17-18,33H,16,19H2,1-2H3,(H,35,37). The minimum Gasteiger partial charge on any atom is -0.465 e. The van der Waals surface area contributed by atoms with Crippen LogP contribution in [0.3, 0.4) is 0 Å². The van der Waals surface area contributed by atoms with Gasteiger partial charge in [0, 0.05) is 30.9 Å². The molecule has 0 saturated heterocycles. The van der Waals surface area contributed by atoms with E-state index in [1.54, 1.807) is 41.2 Å². The number of nitrogens with zero attached hydrogens (tertiary/aromatic N) is 3. The minimum atomic E-state index is -0.611. The van der Waals surface area contributed by atoms with Gasteiger partial charge in [0.05, 0.1) is 42.9 Å². The Morgan fingerprint density at radius 3 is 2.27 bits per heavy atom. The van der Waals surface area contributed by atoms with Crippen molar-refractivity contribution in [3.05, 3.63) is 119 Å². The van der Waals surface area contributed by atoms with Crippen LogP contribution in [0.2, 0.25) is 0 Å². The molecule has 5 aromatic rings. The molecule has 41 heavy (non-hydrogen) atoms. The van der Waals surface area contributed by atoms with Gasteiger partial charge < -0.3 is 24.7 Å². The summed E-state index contributed by atoms with van der Waals surface area (Å²) >= 11 is 0. The lowest BCUT2D eigenvalue weighted by Crippen LogP contribution is -2.17. The Morgan fingerprint density at radius 2 is 1.59 bits per heavy atom. The molecule has 0 atom stereocenters. The molecule has 10 heteroatoms. The molecule has 3 aromatic heterocycles. The fourth-order valence-corrected chi connectivity index (χ4v) is 4.44. The fourth-order valence-electron chi connectivity index (χ4n) is 4.44. The van der Waals surface area contributed by atoms with Crippen LogP contribution in [0.1, 0.15) is 42.3 Å². The van der Waals surface area contributed by atoms with Crippen molar-refractivity contribution >= 4 is 40.3 Å². The van der Waals surface area contributed by atoms with Crippen LogP contribution < -0.4 is 10.6 Å². The third-order valence-electron chi connectivity index (χ3n) is 6.49. The monoisotopic (exact) mass is 549 g/mol. The smallest absolute Gasteiger partial charge is 0.356 e. The first kappa shape index (κ1) is 27.1. The summed E-state index contributed by atoms with van der Waals surface area (Å²) in [5, 5.41) is 6.79. The third kappa shape index (κ3) is 5.91. The van der Waals surface area contributed by atoms with Crippen molar-refractivity contribution in [2.24, 2.45) is 0 Å². The van der Waals surface area contributed by atoms with Crippen molar-refractivity contribution in [2.75, 3.05) is 24.9 Å². The molecule has 10 nitrogen and oxygen atoms in total. The van der Waals surface area contributed by atoms with Gasteiger partial charge in [-0.15, -0.1) is 0 Å². The Bertz CT molecular complexity index is 1700. The average molecular weight is 550 g/mol. The molecule has 3 heterocycles. The number of methoxy groups -OCH3 is 2. The number of anilines is 2. The van der Waals surface area contributed by atoms with Gasteiger partial charge in [0.1, 0.15) is 5.65 Å². The van der Waals surface area contributed by atoms with Crippen LogP contribution in [0.25, 0.3) is 11.0 Å². The number of benzene rings is 2. The molecule has 0 aliphatic carbocycles. The number of amides is 1. The lowest BCUT2D eigenvalue weighted by molar-refractivity contribution is 0.0585. The van der Waals surface area contributed by atoms with Gasteiger partial charge in [-0.25, -0.2) is 14.6 Å². The van der Waals surface area contributed by atoms with Crippen molar-refractivity contribution in [1.29, 1.82) is 0 Å². The van der Waals surface area contributed by atoms with Crippen molar-refractivity contribution < 1.29 is 23.9 Å². The first-order chi connectivity index (χ1) is 20.0. The van der Waals surface area contributed by atoms with Gasteiger partial charge in [-0.1, -0.05) is 42.5 Å². The second kappa shape index (κ2) is 12.1. The molecule has 0 fully saturated rings. The number of nitrogens with one attached hydrogen (secondary N) is 2. The number of fused-ring (bicyclic) bond motifs is 1. The van der Waals surface area contributed by atoms with Crippen molar-refractivity contribution in [3.8, 4) is 0 Å². The van der Waals surface area contributed by atoms with Gasteiger partial charge in [-0.3, -0.25) is 9.78 Å². The zero-order valence-electron chi connectivity index (χ0n) is 22.5. The number of aromatic nitrogens is 3. The van der Waals surface area contributed by atoms with Gasteiger partial charge in [-0.05, 0) is 41.5 Å². The van der Waals surface area contributed by atoms with Gasteiger partial charge in [0.15, 0.2) is 5.69 Å². The second-order valence-corrected chi connectivity index (χ2v) is 9.12. The van der Waals surface area contributed by atoms with E-state index in [9.17, 15) is 14.4 Å². The molecule has 0 bridgehead atoms. The maximum atomic E-state index is 13.2. The number of ether oxygens (including phenoxy) is 2. The lowest BCUT2D eigenvalue weighted by Gasteiger charge is -2.11. The van der Waals surface area contributed by atoms with E-state index in [2.05, 4.69) is 20.6 Å². The van der Waals surface area contributed by atoms with Crippen molar-refractivity contribution in [1.82, 2.24) is 14.5 Å². The Kier molecular flexibility index (Phi) is 8.00. The molecule has 5 rings (SSSR count). The summed E-state index contributed by atoms with van der Waals surface area (Å²) in [6.45, 7) is 0.775. The minimum absolute atomic E-state index is 0.173. The summed E-state index contributed by atoms with van der Waals surface area (Å²) in [6, 6.07) is 21.8. The molecule has 2 N–H and O–H groups in total. The highest BCUT2D eigenvalue weighted by Gasteiger charge is 2.26. The molecule has 2 aromatic carbocycles. The van der Waals surface area contributed by atoms with Crippen LogP contribution in [0.15, 0.2) is 91.4 Å². The largest absolute Gasteiger partial charge is 0.465 e. The summed E-state index contributed by atoms with van der Waals surface area (Å²) in [6.07, 6.45) is 4.70. The highest BCUT2D eigenvalue weighted by Crippen LogP contribution is 2.34. The number of hydrogen-bond donors (Lipinski definition) is 2. The van der Waals surface area contributed by atoms with E-state index in [-0.39, 0.29) is 11.4 Å². The summed E-state index contributed by atoms with van der Waals surface area (Å²) in [5.41, 5.74) is 4.30. The van der Waals surface area contributed by atoms with Crippen LogP contribution in [0.4, 0.5) is 11.4 Å².